The van der Waals surface area contributed by atoms with E-state index in [0.717, 1.165) is 30.0 Å². The summed E-state index contributed by atoms with van der Waals surface area (Å²) in [6.45, 7) is 5.88. The summed E-state index contributed by atoms with van der Waals surface area (Å²) in [6, 6.07) is 3.80. The first-order chi connectivity index (χ1) is 11.0. The van der Waals surface area contributed by atoms with E-state index in [9.17, 15) is 4.79 Å². The molecule has 6 heteroatoms. The van der Waals surface area contributed by atoms with Gasteiger partial charge in [0.25, 0.3) is 5.91 Å². The largest absolute Gasteiger partial charge is 0.355 e. The standard InChI is InChI=1S/C17H19ClN4O/c1-11-7-12(2)16(13(18)8-11)21-17(23)14-9-20-15(10-19-14)22-5-3-4-6-22/h7-10H,3-6H2,1-2H3,(H,21,23). The molecule has 0 atom stereocenters. The Bertz CT molecular complexity index is 701. The van der Waals surface area contributed by atoms with Crippen LogP contribution in [0.2, 0.25) is 5.02 Å². The van der Waals surface area contributed by atoms with Crippen molar-refractivity contribution >= 4 is 29.0 Å². The van der Waals surface area contributed by atoms with Gasteiger partial charge in [-0.15, -0.1) is 0 Å². The number of amides is 1. The number of nitrogens with zero attached hydrogens (tertiary/aromatic N) is 3. The normalized spacial score (nSPS) is 14.1. The molecule has 1 saturated heterocycles. The monoisotopic (exact) mass is 330 g/mol. The number of aromatic nitrogens is 2. The molecular formula is C17H19ClN4O. The van der Waals surface area contributed by atoms with Crippen molar-refractivity contribution in [1.82, 2.24) is 9.97 Å². The molecule has 3 rings (SSSR count). The van der Waals surface area contributed by atoms with Crippen LogP contribution in [0.15, 0.2) is 24.5 Å². The zero-order valence-corrected chi connectivity index (χ0v) is 14.0. The average Bonchev–Trinajstić information content (AvgIpc) is 3.05. The van der Waals surface area contributed by atoms with Gasteiger partial charge in [-0.1, -0.05) is 17.7 Å². The Hall–Kier alpha value is -2.14. The predicted octanol–water partition coefficient (Wildman–Crippen LogP) is 3.60. The third-order valence-electron chi connectivity index (χ3n) is 3.97. The summed E-state index contributed by atoms with van der Waals surface area (Å²) < 4.78 is 0. The molecule has 120 valence electrons. The van der Waals surface area contributed by atoms with Gasteiger partial charge in [-0.25, -0.2) is 9.97 Å². The molecule has 2 heterocycles. The summed E-state index contributed by atoms with van der Waals surface area (Å²) in [7, 11) is 0. The molecule has 1 fully saturated rings. The highest BCUT2D eigenvalue weighted by atomic mass is 35.5. The van der Waals surface area contributed by atoms with Crippen LogP contribution in [0.1, 0.15) is 34.5 Å². The van der Waals surface area contributed by atoms with Crippen molar-refractivity contribution in [2.45, 2.75) is 26.7 Å². The number of carbonyl (C=O) groups is 1. The highest BCUT2D eigenvalue weighted by Gasteiger charge is 2.16. The molecule has 0 unspecified atom stereocenters. The number of hydrogen-bond acceptors (Lipinski definition) is 4. The van der Waals surface area contributed by atoms with Gasteiger partial charge in [0.05, 0.1) is 23.1 Å². The summed E-state index contributed by atoms with van der Waals surface area (Å²) in [5.74, 6) is 0.517. The molecule has 1 amide bonds. The van der Waals surface area contributed by atoms with E-state index >= 15 is 0 Å². The number of anilines is 2. The van der Waals surface area contributed by atoms with Crippen molar-refractivity contribution in [2.75, 3.05) is 23.3 Å². The van der Waals surface area contributed by atoms with Crippen molar-refractivity contribution < 1.29 is 4.79 Å². The van der Waals surface area contributed by atoms with Gasteiger partial charge in [0.2, 0.25) is 0 Å². The van der Waals surface area contributed by atoms with Crippen molar-refractivity contribution in [1.29, 1.82) is 0 Å². The smallest absolute Gasteiger partial charge is 0.275 e. The summed E-state index contributed by atoms with van der Waals surface area (Å²) in [4.78, 5) is 23.1. The maximum absolute atomic E-state index is 12.4. The summed E-state index contributed by atoms with van der Waals surface area (Å²) in [6.07, 6.45) is 5.52. The Morgan fingerprint density at radius 2 is 1.91 bits per heavy atom. The van der Waals surface area contributed by atoms with E-state index in [1.54, 1.807) is 6.20 Å². The van der Waals surface area contributed by atoms with Gasteiger partial charge in [0.15, 0.2) is 0 Å². The molecule has 5 nitrogen and oxygen atoms in total. The molecule has 1 aromatic heterocycles. The lowest BCUT2D eigenvalue weighted by atomic mass is 10.1. The van der Waals surface area contributed by atoms with Crippen LogP contribution in [0.3, 0.4) is 0 Å². The van der Waals surface area contributed by atoms with E-state index in [1.807, 2.05) is 26.0 Å². The molecule has 0 aliphatic carbocycles. The van der Waals surface area contributed by atoms with Gasteiger partial charge in [0, 0.05) is 13.1 Å². The molecule has 1 N–H and O–H groups in total. The molecule has 1 aliphatic rings. The minimum atomic E-state index is -0.306. The van der Waals surface area contributed by atoms with Crippen molar-refractivity contribution in [3.8, 4) is 0 Å². The predicted molar refractivity (Wildman–Crippen MR) is 92.4 cm³/mol. The fraction of sp³-hybridized carbons (Fsp3) is 0.353. The van der Waals surface area contributed by atoms with Gasteiger partial charge in [0.1, 0.15) is 11.5 Å². The molecule has 0 bridgehead atoms. The van der Waals surface area contributed by atoms with Crippen molar-refractivity contribution in [3.63, 3.8) is 0 Å². The van der Waals surface area contributed by atoms with Gasteiger partial charge >= 0.3 is 0 Å². The second kappa shape index (κ2) is 6.54. The van der Waals surface area contributed by atoms with Gasteiger partial charge in [-0.05, 0) is 43.9 Å². The van der Waals surface area contributed by atoms with Gasteiger partial charge in [-0.3, -0.25) is 4.79 Å². The molecule has 2 aromatic rings. The molecule has 0 saturated carbocycles. The van der Waals surface area contributed by atoms with Gasteiger partial charge in [-0.2, -0.15) is 0 Å². The summed E-state index contributed by atoms with van der Waals surface area (Å²) in [5.41, 5.74) is 2.88. The van der Waals surface area contributed by atoms with Crippen LogP contribution >= 0.6 is 11.6 Å². The maximum atomic E-state index is 12.4. The molecule has 0 radical (unpaired) electrons. The van der Waals surface area contributed by atoms with Crippen LogP contribution in [0.5, 0.6) is 0 Å². The third kappa shape index (κ3) is 3.45. The highest BCUT2D eigenvalue weighted by molar-refractivity contribution is 6.34. The van der Waals surface area contributed by atoms with E-state index in [-0.39, 0.29) is 11.6 Å². The fourth-order valence-electron chi connectivity index (χ4n) is 2.80. The van der Waals surface area contributed by atoms with Crippen molar-refractivity contribution in [3.05, 3.63) is 46.4 Å². The number of rotatable bonds is 3. The zero-order chi connectivity index (χ0) is 16.4. The van der Waals surface area contributed by atoms with Crippen molar-refractivity contribution in [2.24, 2.45) is 0 Å². The first-order valence-electron chi connectivity index (χ1n) is 7.69. The number of nitrogens with one attached hydrogen (secondary N) is 1. The number of benzene rings is 1. The second-order valence-electron chi connectivity index (χ2n) is 5.85. The second-order valence-corrected chi connectivity index (χ2v) is 6.25. The topological polar surface area (TPSA) is 58.1 Å². The molecular weight excluding hydrogens is 312 g/mol. The Kier molecular flexibility index (Phi) is 4.48. The van der Waals surface area contributed by atoms with E-state index in [0.29, 0.717) is 10.7 Å². The van der Waals surface area contributed by atoms with Crippen LogP contribution in [-0.2, 0) is 0 Å². The molecule has 23 heavy (non-hydrogen) atoms. The molecule has 1 aliphatic heterocycles. The molecule has 0 spiro atoms. The quantitative estimate of drug-likeness (QED) is 0.934. The Labute approximate surface area is 140 Å². The average molecular weight is 331 g/mol. The number of halogens is 1. The zero-order valence-electron chi connectivity index (χ0n) is 13.3. The maximum Gasteiger partial charge on any atom is 0.275 e. The van der Waals surface area contributed by atoms with E-state index in [4.69, 9.17) is 11.6 Å². The van der Waals surface area contributed by atoms with Crippen LogP contribution in [0.25, 0.3) is 0 Å². The Morgan fingerprint density at radius 3 is 2.52 bits per heavy atom. The summed E-state index contributed by atoms with van der Waals surface area (Å²) in [5, 5.41) is 3.35. The van der Waals surface area contributed by atoms with Crippen LogP contribution in [-0.4, -0.2) is 29.0 Å². The van der Waals surface area contributed by atoms with E-state index in [2.05, 4.69) is 20.2 Å². The Morgan fingerprint density at radius 1 is 1.17 bits per heavy atom. The first-order valence-corrected chi connectivity index (χ1v) is 8.07. The first kappa shape index (κ1) is 15.7. The SMILES string of the molecule is Cc1cc(C)c(NC(=O)c2cnc(N3CCCC3)cn2)c(Cl)c1. The number of carbonyl (C=O) groups excluding carboxylic acids is 1. The van der Waals surface area contributed by atoms with E-state index in [1.165, 1.54) is 19.0 Å². The minimum absolute atomic E-state index is 0.281. The van der Waals surface area contributed by atoms with E-state index < -0.39 is 0 Å². The third-order valence-corrected chi connectivity index (χ3v) is 4.27. The lowest BCUT2D eigenvalue weighted by Gasteiger charge is -2.15. The number of aryl methyl sites for hydroxylation is 2. The number of hydrogen-bond donors (Lipinski definition) is 1. The molecule has 1 aromatic carbocycles. The Balaban J connectivity index is 1.76. The van der Waals surface area contributed by atoms with Crippen LogP contribution in [0, 0.1) is 13.8 Å². The lowest BCUT2D eigenvalue weighted by molar-refractivity contribution is 0.102. The van der Waals surface area contributed by atoms with Crippen LogP contribution < -0.4 is 10.2 Å². The lowest BCUT2D eigenvalue weighted by Crippen LogP contribution is -2.20. The van der Waals surface area contributed by atoms with Crippen LogP contribution in [0.4, 0.5) is 11.5 Å². The highest BCUT2D eigenvalue weighted by Crippen LogP contribution is 2.27. The van der Waals surface area contributed by atoms with Gasteiger partial charge < -0.3 is 10.2 Å². The fourth-order valence-corrected chi connectivity index (χ4v) is 3.17. The summed E-state index contributed by atoms with van der Waals surface area (Å²) >= 11 is 6.22. The minimum Gasteiger partial charge on any atom is -0.355 e.